The zero-order valence-corrected chi connectivity index (χ0v) is 15.1. The molecule has 15 heavy (non-hydrogen) atoms. The average Bonchev–Trinajstić information content (AvgIpc) is 1.41. The molecule has 0 aliphatic rings. The van der Waals surface area contributed by atoms with Gasteiger partial charge in [-0.25, -0.2) is 0 Å². The Morgan fingerprint density at radius 3 is 0.267 bits per heavy atom. The molecule has 0 unspecified atom stereocenters. The van der Waals surface area contributed by atoms with E-state index >= 15 is 0 Å². The van der Waals surface area contributed by atoms with Crippen LogP contribution in [0.25, 0.3) is 0 Å². The van der Waals surface area contributed by atoms with Gasteiger partial charge in [0.25, 0.3) is 9.76 Å². The Kier molecular flexibility index (Phi) is 16.2. The predicted molar refractivity (Wildman–Crippen MR) is 78.4 cm³/mol. The molecule has 0 fully saturated rings. The zero-order valence-electron chi connectivity index (χ0n) is 6.04. The lowest BCUT2D eigenvalue weighted by Gasteiger charge is -1.91. The molecule has 0 N–H and O–H groups in total. The lowest BCUT2D eigenvalue weighted by atomic mass is 11.8. The standard InChI is InChI=1S/3CCl4/c3*2-1(3,4)5. The Labute approximate surface area is 147 Å². The molecule has 0 radical (unpaired) electrons. The summed E-state index contributed by atoms with van der Waals surface area (Å²) in [7, 11) is 0. The first-order valence-electron chi connectivity index (χ1n) is 2.27. The molecule has 96 valence electrons. The molecule has 0 saturated carbocycles. The summed E-state index contributed by atoms with van der Waals surface area (Å²) in [5, 5.41) is 0. The van der Waals surface area contributed by atoms with Gasteiger partial charge in [0.1, 0.15) is 0 Å². The van der Waals surface area contributed by atoms with Crippen LogP contribution in [0.1, 0.15) is 0 Å². The van der Waals surface area contributed by atoms with Gasteiger partial charge in [-0.1, -0.05) is 139 Å². The Hall–Kier alpha value is 3.48. The Morgan fingerprint density at radius 2 is 0.267 bits per heavy atom. The number of alkyl halides is 12. The summed E-state index contributed by atoms with van der Waals surface area (Å²) in [6, 6.07) is 0. The molecule has 0 aromatic rings. The van der Waals surface area contributed by atoms with Gasteiger partial charge in [-0.2, -0.15) is 0 Å². The smallest absolute Gasteiger partial charge is 0.0664 e. The highest BCUT2D eigenvalue weighted by Crippen LogP contribution is 2.30. The van der Waals surface area contributed by atoms with Gasteiger partial charge < -0.3 is 0 Å². The maximum atomic E-state index is 4.83. The van der Waals surface area contributed by atoms with Crippen LogP contribution in [0.3, 0.4) is 0 Å². The van der Waals surface area contributed by atoms with Crippen LogP contribution >= 0.6 is 139 Å². The highest BCUT2D eigenvalue weighted by Gasteiger charge is 2.12. The van der Waals surface area contributed by atoms with Crippen LogP contribution in [0.5, 0.6) is 0 Å². The second kappa shape index (κ2) is 10.3. The maximum absolute atomic E-state index is 4.83. The highest BCUT2D eigenvalue weighted by molar-refractivity contribution is 6.84. The predicted octanol–water partition coefficient (Wildman–Crippen LogP) is 7.66. The van der Waals surface area contributed by atoms with E-state index in [1.165, 1.54) is 0 Å². The van der Waals surface area contributed by atoms with Crippen LogP contribution < -0.4 is 0 Å². The second-order valence-corrected chi connectivity index (χ2v) is 11.6. The summed E-state index contributed by atoms with van der Waals surface area (Å²) < 4.78 is -4.83. The van der Waals surface area contributed by atoms with Crippen molar-refractivity contribution in [1.29, 1.82) is 0 Å². The zero-order chi connectivity index (χ0) is 13.5. The highest BCUT2D eigenvalue weighted by atomic mass is 35.6. The number of rotatable bonds is 0. The van der Waals surface area contributed by atoms with E-state index in [1.54, 1.807) is 0 Å². The van der Waals surface area contributed by atoms with Gasteiger partial charge in [-0.3, -0.25) is 0 Å². The summed E-state index contributed by atoms with van der Waals surface area (Å²) in [5.74, 6) is 0. The molecule has 0 saturated heterocycles. The fourth-order valence-electron chi connectivity index (χ4n) is 0. The van der Waals surface area contributed by atoms with Crippen LogP contribution in [0.2, 0.25) is 0 Å². The molecule has 0 bridgehead atoms. The molecular weight excluding hydrogens is 461 g/mol. The molecule has 0 amide bonds. The summed E-state index contributed by atoms with van der Waals surface area (Å²) in [5.41, 5.74) is 0. The van der Waals surface area contributed by atoms with E-state index in [0.717, 1.165) is 0 Å². The average molecular weight is 461 g/mol. The summed E-state index contributed by atoms with van der Waals surface area (Å²) in [4.78, 5) is 0. The van der Waals surface area contributed by atoms with E-state index in [4.69, 9.17) is 139 Å². The molecule has 0 aromatic carbocycles. The van der Waals surface area contributed by atoms with E-state index in [9.17, 15) is 0 Å². The van der Waals surface area contributed by atoms with E-state index in [-0.39, 0.29) is 0 Å². The van der Waals surface area contributed by atoms with Crippen molar-refractivity contribution in [1.82, 2.24) is 0 Å². The third kappa shape index (κ3) is 346. The van der Waals surface area contributed by atoms with Crippen molar-refractivity contribution in [3.63, 3.8) is 0 Å². The van der Waals surface area contributed by atoms with Crippen molar-refractivity contribution in [3.05, 3.63) is 0 Å². The lowest BCUT2D eigenvalue weighted by Crippen LogP contribution is -1.81. The van der Waals surface area contributed by atoms with Crippen molar-refractivity contribution < 1.29 is 0 Å². The van der Waals surface area contributed by atoms with Crippen LogP contribution in [0.15, 0.2) is 0 Å². The molecule has 0 atom stereocenters. The maximum Gasteiger partial charge on any atom is 0.266 e. The largest absolute Gasteiger partial charge is 0.266 e. The van der Waals surface area contributed by atoms with Crippen LogP contribution in [0, 0.1) is 0 Å². The van der Waals surface area contributed by atoms with Gasteiger partial charge in [0, 0.05) is 0 Å². The van der Waals surface area contributed by atoms with Crippen molar-refractivity contribution in [2.45, 2.75) is 9.76 Å². The van der Waals surface area contributed by atoms with Gasteiger partial charge in [0.05, 0.1) is 0 Å². The topological polar surface area (TPSA) is 0 Å². The molecule has 0 rings (SSSR count). The number of halogens is 12. The third-order valence-corrected chi connectivity index (χ3v) is 0. The summed E-state index contributed by atoms with van der Waals surface area (Å²) in [6.07, 6.45) is 0. The monoisotopic (exact) mass is 456 g/mol. The van der Waals surface area contributed by atoms with Gasteiger partial charge in [0.15, 0.2) is 0 Å². The number of hydrogen-bond acceptors (Lipinski definition) is 0. The lowest BCUT2D eigenvalue weighted by molar-refractivity contribution is 1.76. The van der Waals surface area contributed by atoms with E-state index in [0.29, 0.717) is 0 Å². The first kappa shape index (κ1) is 23.6. The molecule has 0 nitrogen and oxygen atoms in total. The van der Waals surface area contributed by atoms with Crippen molar-refractivity contribution in [2.24, 2.45) is 0 Å². The SMILES string of the molecule is ClC(Cl)(Cl)Cl.ClC(Cl)(Cl)Cl.ClC(Cl)(Cl)Cl. The van der Waals surface area contributed by atoms with Gasteiger partial charge in [0.2, 0.25) is 0 Å². The molecule has 12 heteroatoms. The first-order valence-corrected chi connectivity index (χ1v) is 6.80. The van der Waals surface area contributed by atoms with E-state index in [1.807, 2.05) is 0 Å². The molecule has 0 aliphatic carbocycles. The normalized spacial score (nSPS) is 12.0. The van der Waals surface area contributed by atoms with Crippen LogP contribution in [0.4, 0.5) is 0 Å². The molecular formula is C3Cl12. The Bertz CT molecular complexity index is 85.9. The Morgan fingerprint density at radius 1 is 0.267 bits per heavy atom. The van der Waals surface area contributed by atoms with Crippen LogP contribution in [-0.4, -0.2) is 9.76 Å². The fraction of sp³-hybridized carbons (Fsp3) is 1.00. The van der Waals surface area contributed by atoms with Crippen LogP contribution in [-0.2, 0) is 0 Å². The fourth-order valence-corrected chi connectivity index (χ4v) is 0. The second-order valence-electron chi connectivity index (χ2n) is 1.29. The number of hydrogen-bond donors (Lipinski definition) is 0. The third-order valence-electron chi connectivity index (χ3n) is 0. The minimum Gasteiger partial charge on any atom is -0.0664 e. The quantitative estimate of drug-likeness (QED) is 0.325. The molecule has 0 aromatic heterocycles. The molecule has 0 spiro atoms. The van der Waals surface area contributed by atoms with Gasteiger partial charge >= 0.3 is 0 Å². The van der Waals surface area contributed by atoms with E-state index in [2.05, 4.69) is 0 Å². The summed E-state index contributed by atoms with van der Waals surface area (Å²) >= 11 is 57.9. The Balaban J connectivity index is -0.000000144. The molecule has 0 aliphatic heterocycles. The van der Waals surface area contributed by atoms with Gasteiger partial charge in [-0.15, -0.1) is 0 Å². The minimum atomic E-state index is -1.61. The minimum absolute atomic E-state index is 1.61. The summed E-state index contributed by atoms with van der Waals surface area (Å²) in [6.45, 7) is 0. The van der Waals surface area contributed by atoms with Crippen molar-refractivity contribution in [3.8, 4) is 0 Å². The molecule has 0 heterocycles. The van der Waals surface area contributed by atoms with Crippen molar-refractivity contribution in [2.75, 3.05) is 0 Å². The first-order chi connectivity index (χ1) is 6.00. The van der Waals surface area contributed by atoms with Crippen molar-refractivity contribution >= 4 is 139 Å². The van der Waals surface area contributed by atoms with Gasteiger partial charge in [-0.05, 0) is 0 Å². The van der Waals surface area contributed by atoms with E-state index < -0.39 is 9.76 Å².